The van der Waals surface area contributed by atoms with Gasteiger partial charge in [-0.05, 0) is 19.2 Å². The Balaban J connectivity index is 2.43. The summed E-state index contributed by atoms with van der Waals surface area (Å²) in [5, 5.41) is 0. The van der Waals surface area contributed by atoms with Gasteiger partial charge in [-0.2, -0.15) is 4.31 Å². The molecule has 0 N–H and O–H groups in total. The summed E-state index contributed by atoms with van der Waals surface area (Å²) in [5.74, 6) is -0.765. The molecule has 0 bridgehead atoms. The Labute approximate surface area is 123 Å². The highest BCUT2D eigenvalue weighted by atomic mass is 32.2. The Morgan fingerprint density at radius 2 is 2.00 bits per heavy atom. The van der Waals surface area contributed by atoms with Crippen molar-refractivity contribution in [2.24, 2.45) is 0 Å². The second-order valence-electron chi connectivity index (χ2n) is 4.80. The van der Waals surface area contributed by atoms with E-state index in [9.17, 15) is 17.6 Å². The molecule has 0 amide bonds. The van der Waals surface area contributed by atoms with Crippen LogP contribution in [0.3, 0.4) is 0 Å². The van der Waals surface area contributed by atoms with Crippen molar-refractivity contribution in [3.8, 4) is 0 Å². The first-order valence-corrected chi connectivity index (χ1v) is 7.83. The molecule has 1 atom stereocenters. The molecule has 0 spiro atoms. The molecular formula is C13H17FN2O4S. The lowest BCUT2D eigenvalue weighted by Gasteiger charge is -2.34. The molecular weight excluding hydrogens is 299 g/mol. The molecule has 0 aromatic heterocycles. The topological polar surface area (TPSA) is 66.9 Å². The van der Waals surface area contributed by atoms with Gasteiger partial charge < -0.3 is 9.64 Å². The van der Waals surface area contributed by atoms with E-state index in [-0.39, 0.29) is 23.5 Å². The summed E-state index contributed by atoms with van der Waals surface area (Å²) in [6.07, 6.45) is -1.64. The maximum atomic E-state index is 14.1. The van der Waals surface area contributed by atoms with Crippen LogP contribution in [0.5, 0.6) is 0 Å². The molecule has 1 heterocycles. The summed E-state index contributed by atoms with van der Waals surface area (Å²) in [6, 6.07) is 5.65. The summed E-state index contributed by atoms with van der Waals surface area (Å²) in [6.45, 7) is 0.467. The maximum absolute atomic E-state index is 14.1. The molecule has 1 fully saturated rings. The minimum atomic E-state index is -4.09. The fourth-order valence-corrected chi connectivity index (χ4v) is 3.84. The number of benzene rings is 1. The van der Waals surface area contributed by atoms with E-state index in [2.05, 4.69) is 4.74 Å². The number of methoxy groups -OCH3 is 1. The summed E-state index contributed by atoms with van der Waals surface area (Å²) in [7, 11) is -1.20. The molecule has 1 aromatic carbocycles. The zero-order valence-corrected chi connectivity index (χ0v) is 12.6. The van der Waals surface area contributed by atoms with Crippen LogP contribution in [0.2, 0.25) is 0 Å². The van der Waals surface area contributed by atoms with Crippen molar-refractivity contribution in [3.63, 3.8) is 0 Å². The van der Waals surface area contributed by atoms with Crippen molar-refractivity contribution in [2.45, 2.75) is 11.2 Å². The predicted molar refractivity (Wildman–Crippen MR) is 74.1 cm³/mol. The van der Waals surface area contributed by atoms with E-state index >= 15 is 0 Å². The van der Waals surface area contributed by atoms with E-state index in [4.69, 9.17) is 0 Å². The fourth-order valence-electron chi connectivity index (χ4n) is 2.22. The lowest BCUT2D eigenvalue weighted by Crippen LogP contribution is -2.52. The third-order valence-corrected chi connectivity index (χ3v) is 5.30. The average Bonchev–Trinajstić information content (AvgIpc) is 2.46. The van der Waals surface area contributed by atoms with Gasteiger partial charge in [-0.15, -0.1) is 0 Å². The first-order valence-electron chi connectivity index (χ1n) is 6.39. The number of likely N-dealkylation sites (N-methyl/N-ethyl adjacent to an activating group) is 1. The number of sulfonamides is 1. The van der Waals surface area contributed by atoms with Crippen LogP contribution in [0.4, 0.5) is 4.39 Å². The first-order chi connectivity index (χ1) is 9.87. The van der Waals surface area contributed by atoms with Crippen LogP contribution in [-0.2, 0) is 14.8 Å². The van der Waals surface area contributed by atoms with Crippen LogP contribution in [0, 0.1) is 0 Å². The van der Waals surface area contributed by atoms with Gasteiger partial charge in [0, 0.05) is 19.6 Å². The van der Waals surface area contributed by atoms with Gasteiger partial charge in [-0.25, -0.2) is 17.6 Å². The monoisotopic (exact) mass is 316 g/mol. The van der Waals surface area contributed by atoms with E-state index in [1.807, 2.05) is 0 Å². The molecule has 1 aliphatic rings. The van der Waals surface area contributed by atoms with Gasteiger partial charge in [0.25, 0.3) is 0 Å². The molecule has 1 unspecified atom stereocenters. The Kier molecular flexibility index (Phi) is 4.60. The number of carbonyl (C=O) groups excluding carboxylic acids is 1. The standard InChI is InChI=1S/C13H17FN2O4S/c1-15-7-8-16(12(14)9-15)21(18,19)11-6-4-3-5-10(11)13(17)20-2/h3-6,12H,7-9H2,1-2H3. The third-order valence-electron chi connectivity index (χ3n) is 3.36. The average molecular weight is 316 g/mol. The van der Waals surface area contributed by atoms with Crippen LogP contribution in [0.15, 0.2) is 29.2 Å². The Morgan fingerprint density at radius 1 is 1.33 bits per heavy atom. The number of hydrogen-bond donors (Lipinski definition) is 0. The van der Waals surface area contributed by atoms with E-state index in [0.29, 0.717) is 6.54 Å². The summed E-state index contributed by atoms with van der Waals surface area (Å²) >= 11 is 0. The normalized spacial score (nSPS) is 21.2. The molecule has 6 nitrogen and oxygen atoms in total. The number of halogens is 1. The van der Waals surface area contributed by atoms with Crippen molar-refractivity contribution in [3.05, 3.63) is 29.8 Å². The molecule has 0 saturated carbocycles. The van der Waals surface area contributed by atoms with Gasteiger partial charge >= 0.3 is 5.97 Å². The van der Waals surface area contributed by atoms with Crippen molar-refractivity contribution in [1.29, 1.82) is 0 Å². The van der Waals surface area contributed by atoms with Gasteiger partial charge in [0.2, 0.25) is 10.0 Å². The summed E-state index contributed by atoms with van der Waals surface area (Å²) < 4.78 is 44.7. The van der Waals surface area contributed by atoms with E-state index in [1.54, 1.807) is 11.9 Å². The highest BCUT2D eigenvalue weighted by Gasteiger charge is 2.37. The number of rotatable bonds is 3. The van der Waals surface area contributed by atoms with Crippen molar-refractivity contribution in [2.75, 3.05) is 33.8 Å². The van der Waals surface area contributed by atoms with Gasteiger partial charge in [-0.3, -0.25) is 0 Å². The third kappa shape index (κ3) is 3.07. The Bertz CT molecular complexity index is 635. The number of ether oxygens (including phenoxy) is 1. The van der Waals surface area contributed by atoms with Crippen molar-refractivity contribution in [1.82, 2.24) is 9.21 Å². The second kappa shape index (κ2) is 6.08. The molecule has 0 radical (unpaired) electrons. The highest BCUT2D eigenvalue weighted by molar-refractivity contribution is 7.89. The van der Waals surface area contributed by atoms with E-state index in [0.717, 1.165) is 4.31 Å². The number of nitrogens with zero attached hydrogens (tertiary/aromatic N) is 2. The van der Waals surface area contributed by atoms with Gasteiger partial charge in [0.05, 0.1) is 17.6 Å². The van der Waals surface area contributed by atoms with Crippen molar-refractivity contribution < 1.29 is 22.3 Å². The summed E-state index contributed by atoms with van der Waals surface area (Å²) in [5.41, 5.74) is -0.0915. The fraction of sp³-hybridized carbons (Fsp3) is 0.462. The first kappa shape index (κ1) is 15.9. The van der Waals surface area contributed by atoms with Crippen LogP contribution >= 0.6 is 0 Å². The van der Waals surface area contributed by atoms with Crippen LogP contribution in [-0.4, -0.2) is 63.7 Å². The molecule has 8 heteroatoms. The largest absolute Gasteiger partial charge is 0.465 e. The molecule has 1 saturated heterocycles. The van der Waals surface area contributed by atoms with Gasteiger partial charge in [-0.1, -0.05) is 12.1 Å². The number of alkyl halides is 1. The van der Waals surface area contributed by atoms with E-state index in [1.165, 1.54) is 31.4 Å². The molecule has 0 aliphatic carbocycles. The molecule has 1 aliphatic heterocycles. The smallest absolute Gasteiger partial charge is 0.339 e. The summed E-state index contributed by atoms with van der Waals surface area (Å²) in [4.78, 5) is 13.2. The van der Waals surface area contributed by atoms with Crippen LogP contribution < -0.4 is 0 Å². The number of piperazine rings is 1. The molecule has 116 valence electrons. The molecule has 1 aromatic rings. The Hall–Kier alpha value is -1.51. The maximum Gasteiger partial charge on any atom is 0.339 e. The molecule has 21 heavy (non-hydrogen) atoms. The predicted octanol–water partition coefficient (Wildman–Crippen LogP) is 0.705. The van der Waals surface area contributed by atoms with E-state index < -0.39 is 22.3 Å². The van der Waals surface area contributed by atoms with Gasteiger partial charge in [0.15, 0.2) is 6.30 Å². The zero-order chi connectivity index (χ0) is 15.6. The highest BCUT2D eigenvalue weighted by Crippen LogP contribution is 2.25. The number of esters is 1. The minimum absolute atomic E-state index is 0.000376. The lowest BCUT2D eigenvalue weighted by atomic mass is 10.2. The van der Waals surface area contributed by atoms with Crippen LogP contribution in [0.1, 0.15) is 10.4 Å². The second-order valence-corrected chi connectivity index (χ2v) is 6.66. The lowest BCUT2D eigenvalue weighted by molar-refractivity contribution is 0.0590. The van der Waals surface area contributed by atoms with Crippen LogP contribution in [0.25, 0.3) is 0 Å². The number of carbonyl (C=O) groups is 1. The zero-order valence-electron chi connectivity index (χ0n) is 11.8. The Morgan fingerprint density at radius 3 is 2.62 bits per heavy atom. The van der Waals surface area contributed by atoms with Gasteiger partial charge in [0.1, 0.15) is 0 Å². The SMILES string of the molecule is COC(=O)c1ccccc1S(=O)(=O)N1CCN(C)CC1F. The quantitative estimate of drug-likeness (QED) is 0.607. The number of hydrogen-bond acceptors (Lipinski definition) is 5. The van der Waals surface area contributed by atoms with Crippen molar-refractivity contribution >= 4 is 16.0 Å². The molecule has 2 rings (SSSR count). The minimum Gasteiger partial charge on any atom is -0.465 e.